The Labute approximate surface area is 93.8 Å². The summed E-state index contributed by atoms with van der Waals surface area (Å²) in [6, 6.07) is 0.248. The lowest BCUT2D eigenvalue weighted by molar-refractivity contribution is 0.190. The normalized spacial score (nSPS) is 9.50. The average molecular weight is 309 g/mol. The molecule has 0 aliphatic rings. The van der Waals surface area contributed by atoms with Crippen molar-refractivity contribution in [2.45, 2.75) is 0 Å². The summed E-state index contributed by atoms with van der Waals surface area (Å²) >= 11 is 2.08. The number of hydrogen-bond acceptors (Lipinski definition) is 4. The number of nitrogens with one attached hydrogen (secondary N) is 1. The molecular formula is C7H8IN3O3. The predicted octanol–water partition coefficient (Wildman–Crippen LogP) is 0.728. The number of hydrogen-bond donors (Lipinski definition) is 2. The summed E-state index contributed by atoms with van der Waals surface area (Å²) in [5.74, 6) is 0. The van der Waals surface area contributed by atoms with Gasteiger partial charge in [0.1, 0.15) is 6.61 Å². The second-order valence-electron chi connectivity index (χ2n) is 2.26. The second-order valence-corrected chi connectivity index (χ2v) is 3.51. The Kier molecular flexibility index (Phi) is 4.36. The van der Waals surface area contributed by atoms with Crippen molar-refractivity contribution in [2.24, 2.45) is 0 Å². The molecule has 0 saturated heterocycles. The minimum atomic E-state index is -1.07. The third-order valence-corrected chi connectivity index (χ3v) is 1.76. The summed E-state index contributed by atoms with van der Waals surface area (Å²) in [6.45, 7) is 0.428. The van der Waals surface area contributed by atoms with Crippen LogP contribution in [-0.4, -0.2) is 34.3 Å². The maximum absolute atomic E-state index is 10.1. The van der Waals surface area contributed by atoms with Crippen molar-refractivity contribution in [3.05, 3.63) is 16.0 Å². The van der Waals surface area contributed by atoms with Gasteiger partial charge in [-0.1, -0.05) is 0 Å². The standard InChI is InChI=1S/C7H8IN3O3/c8-5-3-10-6(11-4-5)14-2-1-9-7(12)13/h3-4,9H,1-2H2,(H,12,13). The van der Waals surface area contributed by atoms with Gasteiger partial charge in [-0.05, 0) is 22.6 Å². The molecule has 76 valence electrons. The number of halogens is 1. The number of carboxylic acid groups (broad SMARTS) is 1. The zero-order valence-electron chi connectivity index (χ0n) is 7.11. The third kappa shape index (κ3) is 4.21. The molecule has 0 fully saturated rings. The van der Waals surface area contributed by atoms with E-state index in [1.54, 1.807) is 12.4 Å². The van der Waals surface area contributed by atoms with Gasteiger partial charge in [-0.3, -0.25) is 0 Å². The molecule has 1 amide bonds. The maximum atomic E-state index is 10.1. The van der Waals surface area contributed by atoms with Gasteiger partial charge >= 0.3 is 12.1 Å². The fourth-order valence-corrected chi connectivity index (χ4v) is 0.954. The van der Waals surface area contributed by atoms with E-state index in [9.17, 15) is 4.79 Å². The molecule has 1 aromatic heterocycles. The zero-order chi connectivity index (χ0) is 10.4. The van der Waals surface area contributed by atoms with Crippen LogP contribution in [0.3, 0.4) is 0 Å². The van der Waals surface area contributed by atoms with E-state index in [1.165, 1.54) is 0 Å². The summed E-state index contributed by atoms with van der Waals surface area (Å²) in [4.78, 5) is 17.8. The van der Waals surface area contributed by atoms with Gasteiger partial charge in [0.05, 0.1) is 6.54 Å². The molecule has 0 saturated carbocycles. The third-order valence-electron chi connectivity index (χ3n) is 1.21. The summed E-state index contributed by atoms with van der Waals surface area (Å²) in [5.41, 5.74) is 0. The number of nitrogens with zero attached hydrogens (tertiary/aromatic N) is 2. The summed E-state index contributed by atoms with van der Waals surface area (Å²) in [5, 5.41) is 10.4. The minimum absolute atomic E-state index is 0.213. The molecule has 2 N–H and O–H groups in total. The Morgan fingerprint density at radius 2 is 2.21 bits per heavy atom. The number of ether oxygens (including phenoxy) is 1. The number of carbonyl (C=O) groups is 1. The van der Waals surface area contributed by atoms with Crippen LogP contribution in [0.25, 0.3) is 0 Å². The molecule has 6 nitrogen and oxygen atoms in total. The monoisotopic (exact) mass is 309 g/mol. The van der Waals surface area contributed by atoms with Crippen molar-refractivity contribution < 1.29 is 14.6 Å². The van der Waals surface area contributed by atoms with E-state index in [1.807, 2.05) is 0 Å². The van der Waals surface area contributed by atoms with Crippen LogP contribution >= 0.6 is 22.6 Å². The molecule has 0 aliphatic heterocycles. The molecule has 1 rings (SSSR count). The Morgan fingerprint density at radius 1 is 1.57 bits per heavy atom. The first-order valence-electron chi connectivity index (χ1n) is 3.75. The van der Waals surface area contributed by atoms with Gasteiger partial charge in [0.25, 0.3) is 0 Å². The molecule has 0 aliphatic carbocycles. The molecular weight excluding hydrogens is 301 g/mol. The number of amides is 1. The largest absolute Gasteiger partial charge is 0.465 e. The van der Waals surface area contributed by atoms with Crippen molar-refractivity contribution in [2.75, 3.05) is 13.2 Å². The van der Waals surface area contributed by atoms with Crippen LogP contribution < -0.4 is 10.1 Å². The molecule has 0 aromatic carbocycles. The van der Waals surface area contributed by atoms with Crippen molar-refractivity contribution >= 4 is 28.7 Å². The van der Waals surface area contributed by atoms with Crippen LogP contribution in [0.5, 0.6) is 6.01 Å². The molecule has 0 spiro atoms. The Balaban J connectivity index is 2.25. The fourth-order valence-electron chi connectivity index (χ4n) is 0.675. The van der Waals surface area contributed by atoms with E-state index in [4.69, 9.17) is 9.84 Å². The minimum Gasteiger partial charge on any atom is -0.465 e. The quantitative estimate of drug-likeness (QED) is 0.633. The topological polar surface area (TPSA) is 84.3 Å². The van der Waals surface area contributed by atoms with Crippen molar-refractivity contribution in [1.82, 2.24) is 15.3 Å². The number of rotatable bonds is 4. The molecule has 1 heterocycles. The van der Waals surface area contributed by atoms with E-state index in [-0.39, 0.29) is 19.2 Å². The van der Waals surface area contributed by atoms with Crippen molar-refractivity contribution in [3.8, 4) is 6.01 Å². The highest BCUT2D eigenvalue weighted by atomic mass is 127. The van der Waals surface area contributed by atoms with Crippen LogP contribution in [0.2, 0.25) is 0 Å². The van der Waals surface area contributed by atoms with E-state index in [0.717, 1.165) is 3.57 Å². The number of aromatic nitrogens is 2. The lowest BCUT2D eigenvalue weighted by Gasteiger charge is -2.03. The van der Waals surface area contributed by atoms with Gasteiger partial charge in [0, 0.05) is 16.0 Å². The van der Waals surface area contributed by atoms with E-state index < -0.39 is 6.09 Å². The van der Waals surface area contributed by atoms with Crippen LogP contribution in [0.4, 0.5) is 4.79 Å². The Morgan fingerprint density at radius 3 is 2.79 bits per heavy atom. The molecule has 7 heteroatoms. The zero-order valence-corrected chi connectivity index (χ0v) is 9.26. The van der Waals surface area contributed by atoms with E-state index in [0.29, 0.717) is 0 Å². The Hall–Kier alpha value is -1.12. The summed E-state index contributed by atoms with van der Waals surface area (Å²) in [7, 11) is 0. The van der Waals surface area contributed by atoms with Crippen molar-refractivity contribution in [3.63, 3.8) is 0 Å². The fraction of sp³-hybridized carbons (Fsp3) is 0.286. The molecule has 0 radical (unpaired) electrons. The first-order valence-corrected chi connectivity index (χ1v) is 4.83. The SMILES string of the molecule is O=C(O)NCCOc1ncc(I)cn1. The molecule has 0 bridgehead atoms. The predicted molar refractivity (Wildman–Crippen MR) is 56.3 cm³/mol. The molecule has 1 aromatic rings. The molecule has 14 heavy (non-hydrogen) atoms. The highest BCUT2D eigenvalue weighted by Gasteiger charge is 1.97. The maximum Gasteiger partial charge on any atom is 0.404 e. The van der Waals surface area contributed by atoms with Crippen LogP contribution in [-0.2, 0) is 0 Å². The highest BCUT2D eigenvalue weighted by Crippen LogP contribution is 2.03. The van der Waals surface area contributed by atoms with Crippen LogP contribution in [0, 0.1) is 3.57 Å². The first kappa shape index (κ1) is 11.0. The van der Waals surface area contributed by atoms with E-state index in [2.05, 4.69) is 37.9 Å². The van der Waals surface area contributed by atoms with Gasteiger partial charge in [0.15, 0.2) is 0 Å². The van der Waals surface area contributed by atoms with Crippen LogP contribution in [0.15, 0.2) is 12.4 Å². The highest BCUT2D eigenvalue weighted by molar-refractivity contribution is 14.1. The smallest absolute Gasteiger partial charge is 0.404 e. The van der Waals surface area contributed by atoms with Gasteiger partial charge < -0.3 is 15.2 Å². The Bertz CT molecular complexity index is 304. The lowest BCUT2D eigenvalue weighted by atomic mass is 10.7. The van der Waals surface area contributed by atoms with Gasteiger partial charge in [0.2, 0.25) is 0 Å². The lowest BCUT2D eigenvalue weighted by Crippen LogP contribution is -2.26. The van der Waals surface area contributed by atoms with Gasteiger partial charge in [-0.15, -0.1) is 0 Å². The van der Waals surface area contributed by atoms with Gasteiger partial charge in [-0.2, -0.15) is 0 Å². The average Bonchev–Trinajstić information content (AvgIpc) is 2.15. The molecule has 0 unspecified atom stereocenters. The second kappa shape index (κ2) is 5.58. The van der Waals surface area contributed by atoms with Gasteiger partial charge in [-0.25, -0.2) is 14.8 Å². The summed E-state index contributed by atoms with van der Waals surface area (Å²) < 4.78 is 5.98. The first-order chi connectivity index (χ1) is 6.68. The van der Waals surface area contributed by atoms with Crippen LogP contribution in [0.1, 0.15) is 0 Å². The molecule has 0 atom stereocenters. The van der Waals surface area contributed by atoms with E-state index >= 15 is 0 Å². The van der Waals surface area contributed by atoms with Crippen molar-refractivity contribution in [1.29, 1.82) is 0 Å². The summed E-state index contributed by atoms with van der Waals surface area (Å²) in [6.07, 6.45) is 2.17.